The lowest BCUT2D eigenvalue weighted by Gasteiger charge is -2.34. The number of para-hydroxylation sites is 2. The van der Waals surface area contributed by atoms with Crippen molar-refractivity contribution >= 4 is 28.8 Å². The quantitative estimate of drug-likeness (QED) is 0.553. The fourth-order valence-corrected chi connectivity index (χ4v) is 4.14. The fourth-order valence-electron chi connectivity index (χ4n) is 3.40. The number of thioether (sulfide) groups is 1. The molecule has 2 aromatic carbocycles. The Morgan fingerprint density at radius 2 is 1.86 bits per heavy atom. The highest BCUT2D eigenvalue weighted by molar-refractivity contribution is 7.99. The third kappa shape index (κ3) is 5.10. The van der Waals surface area contributed by atoms with E-state index in [2.05, 4.69) is 22.0 Å². The minimum Gasteiger partial charge on any atom is -0.494 e. The van der Waals surface area contributed by atoms with Crippen molar-refractivity contribution < 1.29 is 13.9 Å². The Labute approximate surface area is 174 Å². The number of hydrogen-bond acceptors (Lipinski definition) is 6. The summed E-state index contributed by atoms with van der Waals surface area (Å²) in [6, 6.07) is 15.9. The largest absolute Gasteiger partial charge is 0.494 e. The molecule has 152 valence electrons. The second-order valence-corrected chi connectivity index (χ2v) is 7.90. The van der Waals surface area contributed by atoms with Crippen molar-refractivity contribution in [2.45, 2.75) is 18.7 Å². The molecule has 1 fully saturated rings. The third-order valence-corrected chi connectivity index (χ3v) is 5.77. The number of oxazole rings is 1. The Morgan fingerprint density at radius 3 is 2.59 bits per heavy atom. The lowest BCUT2D eigenvalue weighted by molar-refractivity contribution is -0.130. The van der Waals surface area contributed by atoms with E-state index in [4.69, 9.17) is 9.15 Å². The monoisotopic (exact) mass is 411 g/mol. The van der Waals surface area contributed by atoms with E-state index in [-0.39, 0.29) is 5.91 Å². The van der Waals surface area contributed by atoms with Gasteiger partial charge in [-0.3, -0.25) is 9.69 Å². The van der Waals surface area contributed by atoms with E-state index in [0.717, 1.165) is 49.6 Å². The van der Waals surface area contributed by atoms with Crippen LogP contribution in [0.2, 0.25) is 0 Å². The first-order chi connectivity index (χ1) is 14.2. The van der Waals surface area contributed by atoms with Gasteiger partial charge in [0, 0.05) is 32.7 Å². The number of amides is 1. The molecule has 0 spiro atoms. The van der Waals surface area contributed by atoms with E-state index in [1.54, 1.807) is 0 Å². The van der Waals surface area contributed by atoms with E-state index in [9.17, 15) is 4.79 Å². The molecule has 1 saturated heterocycles. The third-order valence-electron chi connectivity index (χ3n) is 4.96. The highest BCUT2D eigenvalue weighted by atomic mass is 32.2. The summed E-state index contributed by atoms with van der Waals surface area (Å²) in [6.45, 7) is 6.83. The molecule has 0 aliphatic carbocycles. The zero-order valence-electron chi connectivity index (χ0n) is 16.5. The number of rotatable bonds is 7. The molecule has 0 N–H and O–H groups in total. The Morgan fingerprint density at radius 1 is 1.10 bits per heavy atom. The van der Waals surface area contributed by atoms with Gasteiger partial charge in [0.1, 0.15) is 11.3 Å². The minimum atomic E-state index is 0.137. The molecule has 0 bridgehead atoms. The lowest BCUT2D eigenvalue weighted by Crippen LogP contribution is -2.48. The van der Waals surface area contributed by atoms with Gasteiger partial charge in [-0.25, -0.2) is 4.98 Å². The number of carbonyl (C=O) groups excluding carboxylic acids is 1. The first-order valence-corrected chi connectivity index (χ1v) is 10.9. The van der Waals surface area contributed by atoms with Gasteiger partial charge in [0.25, 0.3) is 5.22 Å². The van der Waals surface area contributed by atoms with Crippen molar-refractivity contribution in [3.63, 3.8) is 0 Å². The van der Waals surface area contributed by atoms with E-state index < -0.39 is 0 Å². The van der Waals surface area contributed by atoms with Crippen molar-refractivity contribution in [3.05, 3.63) is 54.1 Å². The van der Waals surface area contributed by atoms with Gasteiger partial charge in [0.05, 0.1) is 12.4 Å². The van der Waals surface area contributed by atoms with Crippen molar-refractivity contribution in [2.75, 3.05) is 38.5 Å². The summed E-state index contributed by atoms with van der Waals surface area (Å²) >= 11 is 1.36. The van der Waals surface area contributed by atoms with Crippen LogP contribution in [-0.2, 0) is 11.3 Å². The van der Waals surface area contributed by atoms with Crippen molar-refractivity contribution in [3.8, 4) is 5.75 Å². The van der Waals surface area contributed by atoms with Crippen LogP contribution in [0.5, 0.6) is 5.75 Å². The average Bonchev–Trinajstić information content (AvgIpc) is 3.17. The molecule has 0 atom stereocenters. The number of nitrogens with zero attached hydrogens (tertiary/aromatic N) is 3. The Balaban J connectivity index is 1.22. The van der Waals surface area contributed by atoms with Gasteiger partial charge < -0.3 is 14.1 Å². The zero-order valence-corrected chi connectivity index (χ0v) is 17.4. The highest BCUT2D eigenvalue weighted by Crippen LogP contribution is 2.23. The van der Waals surface area contributed by atoms with Crippen LogP contribution in [0.25, 0.3) is 11.1 Å². The molecule has 1 aliphatic rings. The average molecular weight is 412 g/mol. The SMILES string of the molecule is CCOc1ccc(CN2CCN(C(=O)CSc3nc4ccccc4o3)CC2)cc1. The van der Waals surface area contributed by atoms with Gasteiger partial charge in [-0.15, -0.1) is 0 Å². The molecule has 1 aliphatic heterocycles. The second kappa shape index (κ2) is 9.33. The van der Waals surface area contributed by atoms with Gasteiger partial charge in [-0.2, -0.15) is 0 Å². The summed E-state index contributed by atoms with van der Waals surface area (Å²) < 4.78 is 11.2. The molecule has 4 rings (SSSR count). The van der Waals surface area contributed by atoms with Gasteiger partial charge >= 0.3 is 0 Å². The Bertz CT molecular complexity index is 916. The Hall–Kier alpha value is -2.51. The summed E-state index contributed by atoms with van der Waals surface area (Å²) in [4.78, 5) is 21.3. The van der Waals surface area contributed by atoms with Crippen LogP contribution in [0.4, 0.5) is 0 Å². The van der Waals surface area contributed by atoms with Crippen LogP contribution >= 0.6 is 11.8 Å². The maximum absolute atomic E-state index is 12.6. The van der Waals surface area contributed by atoms with Crippen molar-refractivity contribution in [1.29, 1.82) is 0 Å². The first-order valence-electron chi connectivity index (χ1n) is 9.91. The number of piperazine rings is 1. The molecule has 3 aromatic rings. The summed E-state index contributed by atoms with van der Waals surface area (Å²) in [6.07, 6.45) is 0. The van der Waals surface area contributed by atoms with Crippen molar-refractivity contribution in [1.82, 2.24) is 14.8 Å². The summed E-state index contributed by atoms with van der Waals surface area (Å²) in [5, 5.41) is 0.550. The topological polar surface area (TPSA) is 58.8 Å². The predicted octanol–water partition coefficient (Wildman–Crippen LogP) is 3.66. The zero-order chi connectivity index (χ0) is 20.1. The number of hydrogen-bond donors (Lipinski definition) is 0. The molecule has 0 unspecified atom stereocenters. The van der Waals surface area contributed by atoms with Gasteiger partial charge in [-0.1, -0.05) is 36.0 Å². The molecule has 29 heavy (non-hydrogen) atoms. The maximum atomic E-state index is 12.6. The fraction of sp³-hybridized carbons (Fsp3) is 0.364. The van der Waals surface area contributed by atoms with Crippen LogP contribution < -0.4 is 4.74 Å². The predicted molar refractivity (Wildman–Crippen MR) is 114 cm³/mol. The molecular formula is C22H25N3O3S. The van der Waals surface area contributed by atoms with Crippen LogP contribution in [0.1, 0.15) is 12.5 Å². The normalized spacial score (nSPS) is 15.0. The highest BCUT2D eigenvalue weighted by Gasteiger charge is 2.21. The van der Waals surface area contributed by atoms with E-state index in [1.165, 1.54) is 17.3 Å². The van der Waals surface area contributed by atoms with E-state index in [1.807, 2.05) is 48.2 Å². The standard InChI is InChI=1S/C22H25N3O3S/c1-2-27-18-9-7-17(8-10-18)15-24-11-13-25(14-12-24)21(26)16-29-22-23-19-5-3-4-6-20(19)28-22/h3-10H,2,11-16H2,1H3. The van der Waals surface area contributed by atoms with Crippen LogP contribution in [0.15, 0.2) is 58.2 Å². The summed E-state index contributed by atoms with van der Waals surface area (Å²) in [5.74, 6) is 1.40. The first kappa shape index (κ1) is 19.8. The van der Waals surface area contributed by atoms with Gasteiger partial charge in [0.15, 0.2) is 5.58 Å². The maximum Gasteiger partial charge on any atom is 0.257 e. The molecule has 1 aromatic heterocycles. The lowest BCUT2D eigenvalue weighted by atomic mass is 10.2. The number of ether oxygens (including phenoxy) is 1. The van der Waals surface area contributed by atoms with Crippen LogP contribution in [0.3, 0.4) is 0 Å². The minimum absolute atomic E-state index is 0.137. The molecule has 2 heterocycles. The molecule has 6 nitrogen and oxygen atoms in total. The summed E-state index contributed by atoms with van der Waals surface area (Å²) in [7, 11) is 0. The second-order valence-electron chi connectivity index (χ2n) is 6.97. The summed E-state index contributed by atoms with van der Waals surface area (Å²) in [5.41, 5.74) is 2.84. The van der Waals surface area contributed by atoms with Crippen LogP contribution in [-0.4, -0.2) is 59.2 Å². The molecular weight excluding hydrogens is 386 g/mol. The molecule has 7 heteroatoms. The number of aromatic nitrogens is 1. The van der Waals surface area contributed by atoms with E-state index in [0.29, 0.717) is 17.6 Å². The molecule has 0 saturated carbocycles. The van der Waals surface area contributed by atoms with Crippen molar-refractivity contribution in [2.24, 2.45) is 0 Å². The number of carbonyl (C=O) groups is 1. The van der Waals surface area contributed by atoms with Gasteiger partial charge in [-0.05, 0) is 36.8 Å². The molecule has 1 amide bonds. The van der Waals surface area contributed by atoms with E-state index >= 15 is 0 Å². The van der Waals surface area contributed by atoms with Crippen LogP contribution in [0, 0.1) is 0 Å². The number of benzene rings is 2. The Kier molecular flexibility index (Phi) is 6.36. The number of fused-ring (bicyclic) bond motifs is 1. The smallest absolute Gasteiger partial charge is 0.257 e. The van der Waals surface area contributed by atoms with Gasteiger partial charge in [0.2, 0.25) is 5.91 Å². The molecule has 0 radical (unpaired) electrons.